The number of rotatable bonds is 8. The van der Waals surface area contributed by atoms with Gasteiger partial charge in [0.05, 0.1) is 35.8 Å². The van der Waals surface area contributed by atoms with E-state index in [4.69, 9.17) is 16.3 Å². The summed E-state index contributed by atoms with van der Waals surface area (Å²) in [5.74, 6) is -1.32. The van der Waals surface area contributed by atoms with E-state index in [-0.39, 0.29) is 35.5 Å². The van der Waals surface area contributed by atoms with E-state index < -0.39 is 28.7 Å². The molecule has 2 aromatic rings. The molecule has 3 aliphatic rings. The van der Waals surface area contributed by atoms with E-state index in [1.54, 1.807) is 67.2 Å². The van der Waals surface area contributed by atoms with Crippen molar-refractivity contribution in [2.45, 2.75) is 49.3 Å². The van der Waals surface area contributed by atoms with Gasteiger partial charge in [-0.3, -0.25) is 14.4 Å². The van der Waals surface area contributed by atoms with Crippen LogP contribution >= 0.6 is 23.4 Å². The van der Waals surface area contributed by atoms with E-state index in [0.29, 0.717) is 28.8 Å². The second kappa shape index (κ2) is 10.4. The summed E-state index contributed by atoms with van der Waals surface area (Å²) in [6.45, 7) is 5.96. The lowest BCUT2D eigenvalue weighted by Gasteiger charge is -2.39. The number of anilines is 2. The molecule has 0 saturated carbocycles. The van der Waals surface area contributed by atoms with Gasteiger partial charge in [-0.1, -0.05) is 18.5 Å². The van der Waals surface area contributed by atoms with E-state index in [9.17, 15) is 19.5 Å². The Balaban J connectivity index is 1.46. The summed E-state index contributed by atoms with van der Waals surface area (Å²) in [6.07, 6.45) is 0.724. The summed E-state index contributed by atoms with van der Waals surface area (Å²) in [7, 11) is 0. The van der Waals surface area contributed by atoms with Crippen LogP contribution in [0.25, 0.3) is 0 Å². The highest BCUT2D eigenvalue weighted by Crippen LogP contribution is 2.68. The Morgan fingerprint density at radius 2 is 1.74 bits per heavy atom. The zero-order valence-corrected chi connectivity index (χ0v) is 23.1. The molecule has 3 N–H and O–H groups in total. The van der Waals surface area contributed by atoms with E-state index in [2.05, 4.69) is 17.6 Å². The first-order valence-electron chi connectivity index (χ1n) is 12.9. The number of nitrogens with zero attached hydrogens (tertiary/aromatic N) is 1. The van der Waals surface area contributed by atoms with Crippen molar-refractivity contribution in [3.63, 3.8) is 0 Å². The number of likely N-dealkylation sites (tertiary alicyclic amines) is 1. The first-order valence-corrected chi connectivity index (χ1v) is 14.2. The summed E-state index contributed by atoms with van der Waals surface area (Å²) in [4.78, 5) is 43.1. The number of hydrogen-bond donors (Lipinski definition) is 3. The lowest BCUT2D eigenvalue weighted by molar-refractivity contribution is -0.140. The van der Waals surface area contributed by atoms with E-state index in [0.717, 1.165) is 6.42 Å². The van der Waals surface area contributed by atoms with Crippen LogP contribution in [0.5, 0.6) is 5.75 Å². The summed E-state index contributed by atoms with van der Waals surface area (Å²) in [5, 5.41) is 16.4. The number of aliphatic hydroxyl groups is 1. The van der Waals surface area contributed by atoms with Crippen LogP contribution in [0, 0.1) is 17.8 Å². The quantitative estimate of drug-likeness (QED) is 0.452. The Morgan fingerprint density at radius 3 is 2.34 bits per heavy atom. The van der Waals surface area contributed by atoms with E-state index in [1.807, 2.05) is 6.92 Å². The third-order valence-corrected chi connectivity index (χ3v) is 10.3. The van der Waals surface area contributed by atoms with Crippen LogP contribution in [0.15, 0.2) is 48.5 Å². The summed E-state index contributed by atoms with van der Waals surface area (Å²) in [5.41, 5.74) is 1.19. The largest absolute Gasteiger partial charge is 0.494 e. The number of ether oxygens (including phenoxy) is 1. The van der Waals surface area contributed by atoms with Crippen molar-refractivity contribution in [2.24, 2.45) is 17.8 Å². The first kappa shape index (κ1) is 26.8. The van der Waals surface area contributed by atoms with Crippen LogP contribution in [-0.2, 0) is 14.4 Å². The summed E-state index contributed by atoms with van der Waals surface area (Å²) < 4.78 is 4.71. The van der Waals surface area contributed by atoms with Crippen molar-refractivity contribution in [1.29, 1.82) is 0 Å². The molecule has 2 aromatic carbocycles. The lowest BCUT2D eigenvalue weighted by Crippen LogP contribution is -2.56. The van der Waals surface area contributed by atoms with Crippen LogP contribution in [0.2, 0.25) is 5.02 Å². The predicted molar refractivity (Wildman–Crippen MR) is 148 cm³/mol. The second-order valence-corrected chi connectivity index (χ2v) is 12.3. The average Bonchev–Trinajstić information content (AvgIpc) is 3.50. The molecule has 2 bridgehead atoms. The van der Waals surface area contributed by atoms with Gasteiger partial charge in [0.15, 0.2) is 0 Å². The third-order valence-electron chi connectivity index (χ3n) is 8.02. The maximum atomic E-state index is 14.0. The van der Waals surface area contributed by atoms with Crippen LogP contribution in [-0.4, -0.2) is 63.0 Å². The van der Waals surface area contributed by atoms with Crippen LogP contribution in [0.1, 0.15) is 27.2 Å². The second-order valence-electron chi connectivity index (χ2n) is 10.3. The highest BCUT2D eigenvalue weighted by atomic mass is 35.5. The topological polar surface area (TPSA) is 108 Å². The molecule has 10 heteroatoms. The van der Waals surface area contributed by atoms with Gasteiger partial charge >= 0.3 is 0 Å². The smallest absolute Gasteiger partial charge is 0.248 e. The minimum atomic E-state index is -0.828. The molecule has 3 amide bonds. The van der Waals surface area contributed by atoms with Gasteiger partial charge in [0.25, 0.3) is 0 Å². The normalized spacial score (nSPS) is 30.2. The number of carbonyl (C=O) groups excluding carboxylic acids is 3. The minimum Gasteiger partial charge on any atom is -0.494 e. The zero-order chi connectivity index (χ0) is 27.2. The monoisotopic (exact) mass is 557 g/mol. The number of carbonyl (C=O) groups is 3. The molecule has 0 radical (unpaired) electrons. The lowest BCUT2D eigenvalue weighted by atomic mass is 9.66. The Morgan fingerprint density at radius 1 is 1.13 bits per heavy atom. The fraction of sp³-hybridized carbons (Fsp3) is 0.464. The highest BCUT2D eigenvalue weighted by Gasteiger charge is 2.76. The molecule has 3 saturated heterocycles. The molecular formula is C28H32ClN3O5S. The molecule has 8 nitrogen and oxygen atoms in total. The Hall–Kier alpha value is -2.75. The summed E-state index contributed by atoms with van der Waals surface area (Å²) in [6, 6.07) is 12.5. The summed E-state index contributed by atoms with van der Waals surface area (Å²) >= 11 is 7.60. The molecule has 3 heterocycles. The molecule has 202 valence electrons. The van der Waals surface area contributed by atoms with Crippen molar-refractivity contribution in [2.75, 3.05) is 23.8 Å². The Labute approximate surface area is 231 Å². The number of benzene rings is 2. The number of hydrogen-bond acceptors (Lipinski definition) is 6. The third kappa shape index (κ3) is 4.34. The SMILES string of the molecule is CCOc1ccc(NC(=O)[C@@H]2[C@@H]3CC(C)C4(S3)C(C(=O)Nc3ccc(Cl)cc3)N([C@H](C)CO)C(=O)[C@H]24)cc1. The van der Waals surface area contributed by atoms with Crippen molar-refractivity contribution in [3.05, 3.63) is 53.6 Å². The van der Waals surface area contributed by atoms with Gasteiger partial charge in [-0.15, -0.1) is 11.8 Å². The maximum Gasteiger partial charge on any atom is 0.248 e. The first-order chi connectivity index (χ1) is 18.2. The van der Waals surface area contributed by atoms with Crippen molar-refractivity contribution >= 4 is 52.5 Å². The van der Waals surface area contributed by atoms with Crippen molar-refractivity contribution in [1.82, 2.24) is 4.90 Å². The molecule has 1 spiro atoms. The van der Waals surface area contributed by atoms with Crippen LogP contribution in [0.3, 0.4) is 0 Å². The van der Waals surface area contributed by atoms with Crippen molar-refractivity contribution < 1.29 is 24.2 Å². The molecule has 3 aliphatic heterocycles. The molecule has 3 fully saturated rings. The fourth-order valence-corrected chi connectivity index (χ4v) is 8.93. The standard InChI is InChI=1S/C28H32ClN3O5S/c1-4-37-20-11-9-19(10-12-20)30-25(34)22-21-13-15(2)28(38-21)23(22)27(36)32(16(3)14-33)24(28)26(35)31-18-7-5-17(29)6-8-18/h5-12,15-16,21-24,33H,4,13-14H2,1-3H3,(H,30,34)(H,31,35)/t15?,16-,21+,22-,23+,24?,28?/m1/s1. The van der Waals surface area contributed by atoms with Crippen LogP contribution in [0.4, 0.5) is 11.4 Å². The van der Waals surface area contributed by atoms with Gasteiger partial charge in [-0.2, -0.15) is 0 Å². The van der Waals surface area contributed by atoms with E-state index >= 15 is 0 Å². The number of amides is 3. The molecule has 0 aromatic heterocycles. The molecule has 5 rings (SSSR count). The van der Waals surface area contributed by atoms with Gasteiger partial charge in [0, 0.05) is 21.6 Å². The number of aliphatic hydroxyl groups excluding tert-OH is 1. The van der Waals surface area contributed by atoms with Gasteiger partial charge in [-0.25, -0.2) is 0 Å². The zero-order valence-electron chi connectivity index (χ0n) is 21.5. The van der Waals surface area contributed by atoms with E-state index in [1.165, 1.54) is 4.90 Å². The van der Waals surface area contributed by atoms with Crippen LogP contribution < -0.4 is 15.4 Å². The minimum absolute atomic E-state index is 0.0258. The number of nitrogens with one attached hydrogen (secondary N) is 2. The molecule has 0 aliphatic carbocycles. The number of halogens is 1. The average molecular weight is 558 g/mol. The predicted octanol–water partition coefficient (Wildman–Crippen LogP) is 4.03. The Kier molecular flexibility index (Phi) is 7.37. The van der Waals surface area contributed by atoms with Gasteiger partial charge in [0.1, 0.15) is 11.8 Å². The van der Waals surface area contributed by atoms with Gasteiger partial charge < -0.3 is 25.4 Å². The molecular weight excluding hydrogens is 526 g/mol. The maximum absolute atomic E-state index is 14.0. The highest BCUT2D eigenvalue weighted by molar-refractivity contribution is 8.02. The molecule has 38 heavy (non-hydrogen) atoms. The fourth-order valence-electron chi connectivity index (χ4n) is 6.39. The van der Waals surface area contributed by atoms with Gasteiger partial charge in [-0.05, 0) is 74.7 Å². The van der Waals surface area contributed by atoms with Crippen molar-refractivity contribution in [3.8, 4) is 5.75 Å². The number of fused-ring (bicyclic) bond motifs is 1. The molecule has 3 unspecified atom stereocenters. The Bertz CT molecular complexity index is 1230. The number of thioether (sulfide) groups is 1. The van der Waals surface area contributed by atoms with Gasteiger partial charge in [0.2, 0.25) is 17.7 Å². The molecule has 7 atom stereocenters.